The zero-order valence-corrected chi connectivity index (χ0v) is 12.2. The van der Waals surface area contributed by atoms with Crippen molar-refractivity contribution >= 4 is 23.2 Å². The van der Waals surface area contributed by atoms with Crippen LogP contribution in [0.25, 0.3) is 11.2 Å². The van der Waals surface area contributed by atoms with Crippen molar-refractivity contribution in [3.63, 3.8) is 0 Å². The van der Waals surface area contributed by atoms with Gasteiger partial charge < -0.3 is 14.5 Å². The number of rotatable bonds is 4. The highest BCUT2D eigenvalue weighted by Gasteiger charge is 2.10. The third-order valence-corrected chi connectivity index (χ3v) is 2.87. The fraction of sp³-hybridized carbons (Fsp3) is 0.133. The molecule has 0 unspecified atom stereocenters. The van der Waals surface area contributed by atoms with E-state index in [1.54, 1.807) is 25.1 Å². The van der Waals surface area contributed by atoms with Crippen molar-refractivity contribution in [3.8, 4) is 11.5 Å². The largest absolute Gasteiger partial charge is 0.453 e. The maximum atomic E-state index is 13.6. The molecule has 0 radical (unpaired) electrons. The number of nitrogens with zero attached hydrogens (tertiary/aromatic N) is 2. The minimum atomic E-state index is -0.616. The lowest BCUT2D eigenvalue weighted by Gasteiger charge is -2.05. The van der Waals surface area contributed by atoms with Gasteiger partial charge in [0.05, 0.1) is 12.8 Å². The Morgan fingerprint density at radius 3 is 3.00 bits per heavy atom. The number of H-pyrrole nitrogens is 1. The van der Waals surface area contributed by atoms with Crippen LogP contribution in [0.5, 0.6) is 11.5 Å². The highest BCUT2D eigenvalue weighted by molar-refractivity contribution is 5.85. The number of halogens is 1. The molecule has 2 aromatic heterocycles. The number of para-hydroxylation sites is 1. The van der Waals surface area contributed by atoms with Crippen LogP contribution in [0.2, 0.25) is 0 Å². The second kappa shape index (κ2) is 6.30. The molecule has 8 heteroatoms. The Morgan fingerprint density at radius 2 is 2.22 bits per heavy atom. The topological polar surface area (TPSA) is 89.1 Å². The van der Waals surface area contributed by atoms with Crippen molar-refractivity contribution in [3.05, 3.63) is 42.3 Å². The van der Waals surface area contributed by atoms with Gasteiger partial charge in [0.15, 0.2) is 17.2 Å². The van der Waals surface area contributed by atoms with Crippen LogP contribution in [0.15, 0.2) is 36.5 Å². The number of ether oxygens (including phenoxy) is 2. The molecule has 3 rings (SSSR count). The Balaban J connectivity index is 1.82. The number of pyridine rings is 1. The summed E-state index contributed by atoms with van der Waals surface area (Å²) in [7, 11) is 0. The van der Waals surface area contributed by atoms with E-state index >= 15 is 0 Å². The van der Waals surface area contributed by atoms with Gasteiger partial charge in [0.25, 0.3) is 0 Å². The van der Waals surface area contributed by atoms with Crippen molar-refractivity contribution in [2.24, 2.45) is 0 Å². The average molecular weight is 316 g/mol. The van der Waals surface area contributed by atoms with Crippen LogP contribution in [0.1, 0.15) is 6.92 Å². The molecule has 0 aliphatic heterocycles. The molecule has 2 N–H and O–H groups in total. The van der Waals surface area contributed by atoms with E-state index in [0.29, 0.717) is 16.9 Å². The summed E-state index contributed by atoms with van der Waals surface area (Å²) in [4.78, 5) is 22.5. The van der Waals surface area contributed by atoms with E-state index in [0.717, 1.165) is 0 Å². The number of aromatic amines is 1. The van der Waals surface area contributed by atoms with E-state index in [-0.39, 0.29) is 18.3 Å². The Kier molecular flexibility index (Phi) is 4.05. The van der Waals surface area contributed by atoms with Gasteiger partial charge >= 0.3 is 6.09 Å². The Bertz CT molecular complexity index is 850. The summed E-state index contributed by atoms with van der Waals surface area (Å²) in [6, 6.07) is 7.64. The SMILES string of the molecule is CCOC(=O)Nc1nc2cc(Oc3ccccc3F)cnc2[nH]1. The fourth-order valence-corrected chi connectivity index (χ4v) is 1.91. The highest BCUT2D eigenvalue weighted by Crippen LogP contribution is 2.25. The summed E-state index contributed by atoms with van der Waals surface area (Å²) < 4.78 is 23.8. The number of fused-ring (bicyclic) bond motifs is 1. The van der Waals surface area contributed by atoms with Crippen LogP contribution in [0, 0.1) is 5.82 Å². The van der Waals surface area contributed by atoms with E-state index in [1.165, 1.54) is 18.3 Å². The molecule has 7 nitrogen and oxygen atoms in total. The fourth-order valence-electron chi connectivity index (χ4n) is 1.91. The second-order valence-electron chi connectivity index (χ2n) is 4.50. The molecule has 118 valence electrons. The number of amides is 1. The van der Waals surface area contributed by atoms with Crippen LogP contribution < -0.4 is 10.1 Å². The van der Waals surface area contributed by atoms with E-state index < -0.39 is 11.9 Å². The molecule has 0 aliphatic rings. The molecule has 1 amide bonds. The highest BCUT2D eigenvalue weighted by atomic mass is 19.1. The molecular weight excluding hydrogens is 303 g/mol. The maximum Gasteiger partial charge on any atom is 0.413 e. The summed E-state index contributed by atoms with van der Waals surface area (Å²) in [6.45, 7) is 1.96. The Labute approximate surface area is 130 Å². The van der Waals surface area contributed by atoms with Gasteiger partial charge in [-0.05, 0) is 19.1 Å². The average Bonchev–Trinajstić information content (AvgIpc) is 2.91. The Hall–Kier alpha value is -3.16. The molecule has 0 spiro atoms. The summed E-state index contributed by atoms with van der Waals surface area (Å²) >= 11 is 0. The number of hydrogen-bond acceptors (Lipinski definition) is 5. The summed E-state index contributed by atoms with van der Waals surface area (Å²) in [5, 5.41) is 2.44. The van der Waals surface area contributed by atoms with E-state index in [4.69, 9.17) is 9.47 Å². The minimum Gasteiger partial charge on any atom is -0.453 e. The number of hydrogen-bond donors (Lipinski definition) is 2. The zero-order valence-electron chi connectivity index (χ0n) is 12.2. The number of imidazole rings is 1. The van der Waals surface area contributed by atoms with Gasteiger partial charge in [-0.2, -0.15) is 0 Å². The second-order valence-corrected chi connectivity index (χ2v) is 4.50. The van der Waals surface area contributed by atoms with Crippen molar-refractivity contribution in [1.29, 1.82) is 0 Å². The van der Waals surface area contributed by atoms with Crippen LogP contribution in [-0.4, -0.2) is 27.7 Å². The molecule has 0 bridgehead atoms. The Morgan fingerprint density at radius 1 is 1.39 bits per heavy atom. The van der Waals surface area contributed by atoms with Gasteiger partial charge in [-0.3, -0.25) is 5.32 Å². The lowest BCUT2D eigenvalue weighted by molar-refractivity contribution is 0.167. The summed E-state index contributed by atoms with van der Waals surface area (Å²) in [5.41, 5.74) is 0.920. The molecule has 0 aliphatic carbocycles. The molecule has 3 aromatic rings. The van der Waals surface area contributed by atoms with Crippen LogP contribution in [-0.2, 0) is 4.74 Å². The molecular formula is C15H13FN4O3. The predicted octanol–water partition coefficient (Wildman–Crippen LogP) is 3.46. The van der Waals surface area contributed by atoms with E-state index in [1.807, 2.05) is 0 Å². The first-order chi connectivity index (χ1) is 11.2. The van der Waals surface area contributed by atoms with Crippen molar-refractivity contribution in [1.82, 2.24) is 15.0 Å². The molecule has 1 aromatic carbocycles. The molecule has 0 atom stereocenters. The predicted molar refractivity (Wildman–Crippen MR) is 81.0 cm³/mol. The van der Waals surface area contributed by atoms with Crippen LogP contribution in [0.3, 0.4) is 0 Å². The first-order valence-corrected chi connectivity index (χ1v) is 6.87. The number of anilines is 1. The molecule has 0 saturated heterocycles. The third kappa shape index (κ3) is 3.37. The summed E-state index contributed by atoms with van der Waals surface area (Å²) in [5.74, 6) is 0.152. The van der Waals surface area contributed by atoms with Crippen LogP contribution >= 0.6 is 0 Å². The summed E-state index contributed by atoms with van der Waals surface area (Å²) in [6.07, 6.45) is 0.815. The van der Waals surface area contributed by atoms with Gasteiger partial charge in [0, 0.05) is 6.07 Å². The van der Waals surface area contributed by atoms with Gasteiger partial charge in [-0.1, -0.05) is 12.1 Å². The first-order valence-electron chi connectivity index (χ1n) is 6.87. The van der Waals surface area contributed by atoms with Gasteiger partial charge in [-0.25, -0.2) is 19.2 Å². The first kappa shape index (κ1) is 14.8. The molecule has 2 heterocycles. The minimum absolute atomic E-state index is 0.0917. The number of benzene rings is 1. The zero-order chi connectivity index (χ0) is 16.2. The number of carbonyl (C=O) groups excluding carboxylic acids is 1. The van der Waals surface area contributed by atoms with Crippen molar-refractivity contribution in [2.45, 2.75) is 6.92 Å². The van der Waals surface area contributed by atoms with Gasteiger partial charge in [0.1, 0.15) is 11.3 Å². The lowest BCUT2D eigenvalue weighted by atomic mass is 10.3. The van der Waals surface area contributed by atoms with E-state index in [2.05, 4.69) is 20.3 Å². The molecule has 0 saturated carbocycles. The maximum absolute atomic E-state index is 13.6. The number of aromatic nitrogens is 3. The van der Waals surface area contributed by atoms with Crippen molar-refractivity contribution < 1.29 is 18.7 Å². The lowest BCUT2D eigenvalue weighted by Crippen LogP contribution is -2.14. The van der Waals surface area contributed by atoms with Crippen molar-refractivity contribution in [2.75, 3.05) is 11.9 Å². The molecule has 23 heavy (non-hydrogen) atoms. The van der Waals surface area contributed by atoms with Gasteiger partial charge in [0.2, 0.25) is 5.95 Å². The van der Waals surface area contributed by atoms with Gasteiger partial charge in [-0.15, -0.1) is 0 Å². The quantitative estimate of drug-likeness (QED) is 0.769. The monoisotopic (exact) mass is 316 g/mol. The number of nitrogens with one attached hydrogen (secondary N) is 2. The van der Waals surface area contributed by atoms with Crippen LogP contribution in [0.4, 0.5) is 15.1 Å². The number of carbonyl (C=O) groups is 1. The standard InChI is InChI=1S/C15H13FN4O3/c1-2-22-15(21)20-14-18-11-7-9(8-17-13(11)19-14)23-12-6-4-3-5-10(12)16/h3-8H,2H2,1H3,(H2,17,18,19,20,21). The smallest absolute Gasteiger partial charge is 0.413 e. The third-order valence-electron chi connectivity index (χ3n) is 2.87. The molecule has 0 fully saturated rings. The van der Waals surface area contributed by atoms with E-state index in [9.17, 15) is 9.18 Å². The normalized spacial score (nSPS) is 10.5.